The average Bonchev–Trinajstić information content (AvgIpc) is 2.50. The van der Waals surface area contributed by atoms with Crippen LogP contribution in [0.5, 0.6) is 11.5 Å². The highest BCUT2D eigenvalue weighted by Crippen LogP contribution is 2.33. The van der Waals surface area contributed by atoms with E-state index in [0.29, 0.717) is 5.56 Å². The lowest BCUT2D eigenvalue weighted by atomic mass is 9.98. The molecule has 26 heavy (non-hydrogen) atoms. The number of primary amides is 1. The maximum Gasteiger partial charge on any atom is 0.405 e. The van der Waals surface area contributed by atoms with Crippen molar-refractivity contribution in [2.75, 3.05) is 0 Å². The minimum absolute atomic E-state index is 0.0275. The highest BCUT2D eigenvalue weighted by atomic mass is 35.5. The standard InChI is InChI=1S/C17H16ClFN2O5/c1-17(2,26-16(20)22)9-10-3-5-12(8-14(10)19)25-15-6-4-11(21(23)24)7-13(15)18/h3-8H,9H2,1-2H3,(H2,20,22). The number of halogens is 2. The van der Waals surface area contributed by atoms with Crippen LogP contribution in [0, 0.1) is 15.9 Å². The van der Waals surface area contributed by atoms with Crippen LogP contribution in [0.15, 0.2) is 36.4 Å². The molecule has 0 fully saturated rings. The van der Waals surface area contributed by atoms with Gasteiger partial charge in [-0.1, -0.05) is 17.7 Å². The largest absolute Gasteiger partial charge is 0.456 e. The summed E-state index contributed by atoms with van der Waals surface area (Å²) in [5.74, 6) is -0.251. The summed E-state index contributed by atoms with van der Waals surface area (Å²) in [7, 11) is 0. The molecule has 2 rings (SSSR count). The van der Waals surface area contributed by atoms with Crippen LogP contribution in [-0.4, -0.2) is 16.6 Å². The first kappa shape index (κ1) is 19.5. The molecule has 0 saturated heterocycles. The van der Waals surface area contributed by atoms with Crippen LogP contribution in [0.4, 0.5) is 14.9 Å². The van der Waals surface area contributed by atoms with E-state index in [-0.39, 0.29) is 28.6 Å². The van der Waals surface area contributed by atoms with E-state index in [0.717, 1.165) is 12.1 Å². The molecule has 2 aromatic rings. The van der Waals surface area contributed by atoms with Crippen LogP contribution < -0.4 is 10.5 Å². The Labute approximate surface area is 153 Å². The van der Waals surface area contributed by atoms with Gasteiger partial charge in [-0.2, -0.15) is 0 Å². The molecule has 0 saturated carbocycles. The van der Waals surface area contributed by atoms with Crippen LogP contribution in [0.2, 0.25) is 5.02 Å². The number of amides is 1. The van der Waals surface area contributed by atoms with Crippen molar-refractivity contribution in [3.8, 4) is 11.5 Å². The third-order valence-electron chi connectivity index (χ3n) is 3.37. The van der Waals surface area contributed by atoms with Gasteiger partial charge in [0.15, 0.2) is 0 Å². The summed E-state index contributed by atoms with van der Waals surface area (Å²) in [5, 5.41) is 10.7. The number of nitro benzene ring substituents is 1. The Morgan fingerprint density at radius 2 is 2.00 bits per heavy atom. The molecule has 0 heterocycles. The minimum Gasteiger partial charge on any atom is -0.456 e. The predicted molar refractivity (Wildman–Crippen MR) is 93.0 cm³/mol. The number of carbonyl (C=O) groups excluding carboxylic acids is 1. The Morgan fingerprint density at radius 1 is 1.31 bits per heavy atom. The molecular formula is C17H16ClFN2O5. The van der Waals surface area contributed by atoms with E-state index in [1.807, 2.05) is 0 Å². The molecule has 0 unspecified atom stereocenters. The fourth-order valence-electron chi connectivity index (χ4n) is 2.31. The second kappa shape index (κ2) is 7.57. The number of hydrogen-bond acceptors (Lipinski definition) is 5. The quantitative estimate of drug-likeness (QED) is 0.580. The van der Waals surface area contributed by atoms with Crippen molar-refractivity contribution >= 4 is 23.4 Å². The highest BCUT2D eigenvalue weighted by molar-refractivity contribution is 6.32. The molecule has 0 bridgehead atoms. The van der Waals surface area contributed by atoms with Crippen LogP contribution in [0.25, 0.3) is 0 Å². The van der Waals surface area contributed by atoms with Gasteiger partial charge in [-0.15, -0.1) is 0 Å². The number of hydrogen-bond donors (Lipinski definition) is 1. The van der Waals surface area contributed by atoms with E-state index < -0.39 is 22.4 Å². The number of carbonyl (C=O) groups is 1. The molecule has 0 spiro atoms. The van der Waals surface area contributed by atoms with E-state index in [1.54, 1.807) is 13.8 Å². The molecule has 0 aliphatic rings. The summed E-state index contributed by atoms with van der Waals surface area (Å²) in [6.45, 7) is 3.22. The number of rotatable bonds is 6. The molecule has 1 amide bonds. The lowest BCUT2D eigenvalue weighted by Crippen LogP contribution is -2.33. The van der Waals surface area contributed by atoms with Gasteiger partial charge in [0.05, 0.1) is 9.95 Å². The van der Waals surface area contributed by atoms with Crippen molar-refractivity contribution in [3.63, 3.8) is 0 Å². The predicted octanol–water partition coefficient (Wildman–Crippen LogP) is 4.60. The van der Waals surface area contributed by atoms with Gasteiger partial charge >= 0.3 is 6.09 Å². The average molecular weight is 383 g/mol. The first-order chi connectivity index (χ1) is 12.1. The Hall–Kier alpha value is -2.87. The van der Waals surface area contributed by atoms with Crippen molar-refractivity contribution in [2.24, 2.45) is 5.73 Å². The first-order valence-electron chi connectivity index (χ1n) is 7.46. The van der Waals surface area contributed by atoms with E-state index in [9.17, 15) is 19.3 Å². The summed E-state index contributed by atoms with van der Waals surface area (Å²) in [5.41, 5.74) is 4.14. The van der Waals surface area contributed by atoms with Gasteiger partial charge < -0.3 is 15.2 Å². The number of nitro groups is 1. The molecule has 2 aromatic carbocycles. The van der Waals surface area contributed by atoms with Gasteiger partial charge in [0.25, 0.3) is 5.69 Å². The van der Waals surface area contributed by atoms with Crippen LogP contribution in [0.1, 0.15) is 19.4 Å². The number of benzene rings is 2. The topological polar surface area (TPSA) is 105 Å². The lowest BCUT2D eigenvalue weighted by molar-refractivity contribution is -0.384. The smallest absolute Gasteiger partial charge is 0.405 e. The minimum atomic E-state index is -0.975. The molecule has 0 aliphatic heterocycles. The maximum atomic E-state index is 14.3. The normalized spacial score (nSPS) is 11.1. The Morgan fingerprint density at radius 3 is 2.54 bits per heavy atom. The molecule has 138 valence electrons. The zero-order chi connectivity index (χ0) is 19.5. The molecule has 0 aromatic heterocycles. The zero-order valence-electron chi connectivity index (χ0n) is 14.0. The first-order valence-corrected chi connectivity index (χ1v) is 7.84. The number of non-ortho nitro benzene ring substituents is 1. The van der Waals surface area contributed by atoms with E-state index in [4.69, 9.17) is 26.8 Å². The molecule has 0 aliphatic carbocycles. The molecule has 7 nitrogen and oxygen atoms in total. The number of nitrogens with zero attached hydrogens (tertiary/aromatic N) is 1. The third kappa shape index (κ3) is 5.06. The highest BCUT2D eigenvalue weighted by Gasteiger charge is 2.24. The Balaban J connectivity index is 2.17. The van der Waals surface area contributed by atoms with Crippen LogP contribution >= 0.6 is 11.6 Å². The van der Waals surface area contributed by atoms with Crippen molar-refractivity contribution in [1.82, 2.24) is 0 Å². The fourth-order valence-corrected chi connectivity index (χ4v) is 2.53. The monoisotopic (exact) mass is 382 g/mol. The second-order valence-corrected chi connectivity index (χ2v) is 6.49. The SMILES string of the molecule is CC(C)(Cc1ccc(Oc2ccc([N+](=O)[O-])cc2Cl)cc1F)OC(N)=O. The Kier molecular flexibility index (Phi) is 5.66. The van der Waals surface area contributed by atoms with Gasteiger partial charge in [-0.05, 0) is 31.5 Å². The van der Waals surface area contributed by atoms with Gasteiger partial charge in [0.2, 0.25) is 0 Å². The van der Waals surface area contributed by atoms with Crippen molar-refractivity contribution in [3.05, 3.63) is 62.9 Å². The zero-order valence-corrected chi connectivity index (χ0v) is 14.7. The van der Waals surface area contributed by atoms with Crippen LogP contribution in [0.3, 0.4) is 0 Å². The van der Waals surface area contributed by atoms with E-state index >= 15 is 0 Å². The van der Waals surface area contributed by atoms with Gasteiger partial charge in [-0.25, -0.2) is 9.18 Å². The van der Waals surface area contributed by atoms with Gasteiger partial charge in [0.1, 0.15) is 22.9 Å². The van der Waals surface area contributed by atoms with Crippen molar-refractivity contribution in [2.45, 2.75) is 25.9 Å². The molecular weight excluding hydrogens is 367 g/mol. The second-order valence-electron chi connectivity index (χ2n) is 6.08. The maximum absolute atomic E-state index is 14.3. The summed E-state index contributed by atoms with van der Waals surface area (Å²) >= 11 is 5.95. The molecule has 0 atom stereocenters. The molecule has 9 heteroatoms. The molecule has 2 N–H and O–H groups in total. The summed E-state index contributed by atoms with van der Waals surface area (Å²) < 4.78 is 24.7. The van der Waals surface area contributed by atoms with E-state index in [1.165, 1.54) is 24.3 Å². The summed E-state index contributed by atoms with van der Waals surface area (Å²) in [4.78, 5) is 21.0. The number of ether oxygens (including phenoxy) is 2. The molecule has 0 radical (unpaired) electrons. The van der Waals surface area contributed by atoms with Crippen molar-refractivity contribution < 1.29 is 23.6 Å². The number of nitrogens with two attached hydrogens (primary N) is 1. The van der Waals surface area contributed by atoms with Crippen LogP contribution in [-0.2, 0) is 11.2 Å². The lowest BCUT2D eigenvalue weighted by Gasteiger charge is -2.24. The third-order valence-corrected chi connectivity index (χ3v) is 3.67. The van der Waals surface area contributed by atoms with Crippen molar-refractivity contribution in [1.29, 1.82) is 0 Å². The summed E-state index contributed by atoms with van der Waals surface area (Å²) in [6.07, 6.45) is -0.830. The fraction of sp³-hybridized carbons (Fsp3) is 0.235. The summed E-state index contributed by atoms with van der Waals surface area (Å²) in [6, 6.07) is 7.84. The van der Waals surface area contributed by atoms with E-state index in [2.05, 4.69) is 0 Å². The van der Waals surface area contributed by atoms with Gasteiger partial charge in [0, 0.05) is 24.6 Å². The van der Waals surface area contributed by atoms with Gasteiger partial charge in [-0.3, -0.25) is 10.1 Å². The Bertz CT molecular complexity index is 857.